The van der Waals surface area contributed by atoms with Crippen molar-refractivity contribution in [2.45, 2.75) is 13.0 Å². The third-order valence-electron chi connectivity index (χ3n) is 3.00. The van der Waals surface area contributed by atoms with Gasteiger partial charge in [-0.25, -0.2) is 0 Å². The zero-order valence-electron chi connectivity index (χ0n) is 12.3. The van der Waals surface area contributed by atoms with Crippen LogP contribution in [0.4, 0.5) is 5.13 Å². The number of aromatic nitrogens is 3. The molecule has 0 saturated carbocycles. The molecule has 0 aliphatic rings. The Kier molecular flexibility index (Phi) is 4.58. The number of pyridine rings is 1. The van der Waals surface area contributed by atoms with Crippen LogP contribution >= 0.6 is 11.5 Å². The van der Waals surface area contributed by atoms with Gasteiger partial charge in [-0.3, -0.25) is 15.1 Å². The Morgan fingerprint density at radius 2 is 2.04 bits per heavy atom. The molecule has 0 bridgehead atoms. The van der Waals surface area contributed by atoms with E-state index in [1.807, 2.05) is 30.3 Å². The van der Waals surface area contributed by atoms with E-state index < -0.39 is 6.10 Å². The van der Waals surface area contributed by atoms with Gasteiger partial charge < -0.3 is 4.74 Å². The second-order valence-corrected chi connectivity index (χ2v) is 5.48. The van der Waals surface area contributed by atoms with Crippen LogP contribution in [0.2, 0.25) is 0 Å². The van der Waals surface area contributed by atoms with E-state index in [1.54, 1.807) is 31.5 Å². The number of rotatable bonds is 5. The first-order valence-electron chi connectivity index (χ1n) is 6.99. The van der Waals surface area contributed by atoms with Crippen molar-refractivity contribution < 1.29 is 9.53 Å². The lowest BCUT2D eigenvalue weighted by Gasteiger charge is -2.12. The monoisotopic (exact) mass is 326 g/mol. The van der Waals surface area contributed by atoms with Crippen LogP contribution in [0, 0.1) is 0 Å². The van der Waals surface area contributed by atoms with Gasteiger partial charge in [0.25, 0.3) is 5.91 Å². The van der Waals surface area contributed by atoms with E-state index in [1.165, 1.54) is 0 Å². The molecule has 0 aliphatic heterocycles. The molecule has 0 aliphatic carbocycles. The molecule has 2 aromatic heterocycles. The van der Waals surface area contributed by atoms with Crippen molar-refractivity contribution in [2.75, 3.05) is 5.32 Å². The number of carbonyl (C=O) groups excluding carboxylic acids is 1. The summed E-state index contributed by atoms with van der Waals surface area (Å²) in [6, 6.07) is 13.1. The first-order valence-corrected chi connectivity index (χ1v) is 7.76. The maximum absolute atomic E-state index is 12.1. The number of nitrogens with one attached hydrogen (secondary N) is 1. The fourth-order valence-corrected chi connectivity index (χ4v) is 2.45. The zero-order chi connectivity index (χ0) is 16.1. The SMILES string of the molecule is CC(Oc1cccnc1)C(=O)Nc1nc(-c2ccccc2)ns1. The molecule has 7 heteroatoms. The van der Waals surface area contributed by atoms with E-state index in [-0.39, 0.29) is 5.91 Å². The maximum atomic E-state index is 12.1. The van der Waals surface area contributed by atoms with E-state index in [4.69, 9.17) is 4.74 Å². The number of benzene rings is 1. The van der Waals surface area contributed by atoms with Gasteiger partial charge in [0.15, 0.2) is 11.9 Å². The summed E-state index contributed by atoms with van der Waals surface area (Å²) in [6.45, 7) is 1.67. The molecule has 6 nitrogen and oxygen atoms in total. The fourth-order valence-electron chi connectivity index (χ4n) is 1.86. The standard InChI is InChI=1S/C16H14N4O2S/c1-11(22-13-8-5-9-17-10-13)15(21)19-16-18-14(20-23-16)12-6-3-2-4-7-12/h2-11H,1H3,(H,18,19,20,21). The van der Waals surface area contributed by atoms with Crippen LogP contribution in [0.3, 0.4) is 0 Å². The van der Waals surface area contributed by atoms with Gasteiger partial charge in [-0.2, -0.15) is 9.36 Å². The van der Waals surface area contributed by atoms with Crippen molar-refractivity contribution in [3.8, 4) is 17.1 Å². The van der Waals surface area contributed by atoms with E-state index in [9.17, 15) is 4.79 Å². The molecule has 0 fully saturated rings. The Morgan fingerprint density at radius 3 is 2.78 bits per heavy atom. The second-order valence-electron chi connectivity index (χ2n) is 4.73. The highest BCUT2D eigenvalue weighted by molar-refractivity contribution is 7.10. The number of hydrogen-bond donors (Lipinski definition) is 1. The topological polar surface area (TPSA) is 77.0 Å². The predicted octanol–water partition coefficient (Wildman–Crippen LogP) is 3.01. The van der Waals surface area contributed by atoms with Crippen LogP contribution in [0.5, 0.6) is 5.75 Å². The molecule has 1 amide bonds. The van der Waals surface area contributed by atoms with Crippen molar-refractivity contribution in [1.29, 1.82) is 0 Å². The molecule has 0 spiro atoms. The Balaban J connectivity index is 1.63. The highest BCUT2D eigenvalue weighted by Crippen LogP contribution is 2.21. The Morgan fingerprint density at radius 1 is 1.22 bits per heavy atom. The minimum Gasteiger partial charge on any atom is -0.479 e. The first-order chi connectivity index (χ1) is 11.2. The molecule has 0 saturated heterocycles. The highest BCUT2D eigenvalue weighted by Gasteiger charge is 2.17. The van der Waals surface area contributed by atoms with Crippen molar-refractivity contribution in [1.82, 2.24) is 14.3 Å². The summed E-state index contributed by atoms with van der Waals surface area (Å²) in [6.07, 6.45) is 2.54. The van der Waals surface area contributed by atoms with E-state index >= 15 is 0 Å². The smallest absolute Gasteiger partial charge is 0.266 e. The van der Waals surface area contributed by atoms with Gasteiger partial charge in [0.05, 0.1) is 6.20 Å². The Labute approximate surface area is 137 Å². The third-order valence-corrected chi connectivity index (χ3v) is 3.64. The summed E-state index contributed by atoms with van der Waals surface area (Å²) in [5.41, 5.74) is 0.906. The minimum absolute atomic E-state index is 0.287. The predicted molar refractivity (Wildman–Crippen MR) is 88.3 cm³/mol. The summed E-state index contributed by atoms with van der Waals surface area (Å²) >= 11 is 1.14. The highest BCUT2D eigenvalue weighted by atomic mass is 32.1. The van der Waals surface area contributed by atoms with Crippen LogP contribution in [0.15, 0.2) is 54.9 Å². The molecule has 1 atom stereocenters. The number of carbonyl (C=O) groups is 1. The lowest BCUT2D eigenvalue weighted by Crippen LogP contribution is -2.30. The number of anilines is 1. The Hall–Kier alpha value is -2.80. The lowest BCUT2D eigenvalue weighted by atomic mass is 10.2. The van der Waals surface area contributed by atoms with Crippen LogP contribution in [-0.2, 0) is 4.79 Å². The molecule has 3 rings (SSSR count). The summed E-state index contributed by atoms with van der Waals surface area (Å²) in [7, 11) is 0. The van der Waals surface area contributed by atoms with E-state index in [2.05, 4.69) is 19.7 Å². The molecular weight excluding hydrogens is 312 g/mol. The van der Waals surface area contributed by atoms with Gasteiger partial charge in [0.1, 0.15) is 5.75 Å². The largest absolute Gasteiger partial charge is 0.479 e. The molecule has 3 aromatic rings. The van der Waals surface area contributed by atoms with Gasteiger partial charge in [-0.1, -0.05) is 30.3 Å². The van der Waals surface area contributed by atoms with Crippen molar-refractivity contribution in [3.05, 3.63) is 54.9 Å². The zero-order valence-corrected chi connectivity index (χ0v) is 13.2. The van der Waals surface area contributed by atoms with Crippen molar-refractivity contribution in [2.24, 2.45) is 0 Å². The number of amides is 1. The average Bonchev–Trinajstić information content (AvgIpc) is 3.05. The molecule has 116 valence electrons. The summed E-state index contributed by atoms with van der Waals surface area (Å²) in [4.78, 5) is 20.4. The average molecular weight is 326 g/mol. The Bertz CT molecular complexity index is 777. The maximum Gasteiger partial charge on any atom is 0.266 e. The van der Waals surface area contributed by atoms with Gasteiger partial charge >= 0.3 is 0 Å². The summed E-state index contributed by atoms with van der Waals surface area (Å²) < 4.78 is 9.77. The molecule has 1 N–H and O–H groups in total. The second kappa shape index (κ2) is 6.97. The molecule has 1 aromatic carbocycles. The molecule has 2 heterocycles. The third kappa shape index (κ3) is 3.89. The van der Waals surface area contributed by atoms with Gasteiger partial charge in [0.2, 0.25) is 5.13 Å². The first kappa shape index (κ1) is 15.1. The van der Waals surface area contributed by atoms with Crippen LogP contribution < -0.4 is 10.1 Å². The van der Waals surface area contributed by atoms with Gasteiger partial charge in [0, 0.05) is 23.3 Å². The normalized spacial score (nSPS) is 11.7. The number of nitrogens with zero attached hydrogens (tertiary/aromatic N) is 3. The van der Waals surface area contributed by atoms with Gasteiger partial charge in [-0.05, 0) is 19.1 Å². The van der Waals surface area contributed by atoms with E-state index in [0.717, 1.165) is 17.1 Å². The summed E-state index contributed by atoms with van der Waals surface area (Å²) in [5.74, 6) is 0.841. The number of ether oxygens (including phenoxy) is 1. The quantitative estimate of drug-likeness (QED) is 0.780. The van der Waals surface area contributed by atoms with Crippen molar-refractivity contribution >= 4 is 22.6 Å². The lowest BCUT2D eigenvalue weighted by molar-refractivity contribution is -0.122. The molecular formula is C16H14N4O2S. The van der Waals surface area contributed by atoms with E-state index in [0.29, 0.717) is 16.7 Å². The molecule has 23 heavy (non-hydrogen) atoms. The fraction of sp³-hybridized carbons (Fsp3) is 0.125. The van der Waals surface area contributed by atoms with Crippen molar-refractivity contribution in [3.63, 3.8) is 0 Å². The minimum atomic E-state index is -0.664. The molecule has 1 unspecified atom stereocenters. The molecule has 0 radical (unpaired) electrons. The van der Waals surface area contributed by atoms with Crippen LogP contribution in [0.25, 0.3) is 11.4 Å². The van der Waals surface area contributed by atoms with Gasteiger partial charge in [-0.15, -0.1) is 0 Å². The van der Waals surface area contributed by atoms with Crippen LogP contribution in [0.1, 0.15) is 6.92 Å². The number of hydrogen-bond acceptors (Lipinski definition) is 6. The summed E-state index contributed by atoms with van der Waals surface area (Å²) in [5, 5.41) is 3.15. The van der Waals surface area contributed by atoms with Crippen LogP contribution in [-0.4, -0.2) is 26.4 Å².